The number of benzene rings is 1. The summed E-state index contributed by atoms with van der Waals surface area (Å²) >= 11 is 1.75. The van der Waals surface area contributed by atoms with Gasteiger partial charge in [0, 0.05) is 30.1 Å². The number of rotatable bonds is 5. The number of carbonyl (C=O) groups excluding carboxylic acids is 1. The SMILES string of the molecule is CCSc1cccc(NC(=O)N(C)C[C@H]2CCC[C@H]2O)c1. The first-order valence-corrected chi connectivity index (χ1v) is 8.51. The lowest BCUT2D eigenvalue weighted by Gasteiger charge is -2.23. The Balaban J connectivity index is 1.89. The highest BCUT2D eigenvalue weighted by atomic mass is 32.2. The van der Waals surface area contributed by atoms with Crippen molar-refractivity contribution >= 4 is 23.5 Å². The maximum Gasteiger partial charge on any atom is 0.321 e. The smallest absolute Gasteiger partial charge is 0.321 e. The molecule has 1 aliphatic rings. The third kappa shape index (κ3) is 4.64. The Morgan fingerprint density at radius 3 is 2.95 bits per heavy atom. The fourth-order valence-electron chi connectivity index (χ4n) is 2.71. The van der Waals surface area contributed by atoms with Crippen molar-refractivity contribution in [2.75, 3.05) is 24.7 Å². The number of urea groups is 1. The van der Waals surface area contributed by atoms with Crippen LogP contribution in [0, 0.1) is 5.92 Å². The maximum atomic E-state index is 12.2. The number of hydrogen-bond donors (Lipinski definition) is 2. The number of thioether (sulfide) groups is 1. The molecule has 116 valence electrons. The summed E-state index contributed by atoms with van der Waals surface area (Å²) in [5.41, 5.74) is 0.817. The Hall–Kier alpha value is -1.20. The third-order valence-electron chi connectivity index (χ3n) is 3.87. The second-order valence-electron chi connectivity index (χ2n) is 5.53. The number of aliphatic hydroxyl groups is 1. The number of nitrogens with one attached hydrogen (secondary N) is 1. The van der Waals surface area contributed by atoms with Crippen molar-refractivity contribution in [3.8, 4) is 0 Å². The monoisotopic (exact) mass is 308 g/mol. The molecule has 0 bridgehead atoms. The van der Waals surface area contributed by atoms with E-state index in [1.54, 1.807) is 23.7 Å². The summed E-state index contributed by atoms with van der Waals surface area (Å²) in [7, 11) is 1.78. The second-order valence-corrected chi connectivity index (χ2v) is 6.87. The van der Waals surface area contributed by atoms with E-state index in [4.69, 9.17) is 0 Å². The predicted octanol–water partition coefficient (Wildman–Crippen LogP) is 3.42. The Morgan fingerprint density at radius 2 is 2.29 bits per heavy atom. The highest BCUT2D eigenvalue weighted by molar-refractivity contribution is 7.99. The molecule has 1 fully saturated rings. The zero-order valence-corrected chi connectivity index (χ0v) is 13.5. The van der Waals surface area contributed by atoms with Gasteiger partial charge in [-0.05, 0) is 36.8 Å². The Kier molecular flexibility index (Phi) is 5.94. The molecule has 2 rings (SSSR count). The minimum Gasteiger partial charge on any atom is -0.393 e. The number of carbonyl (C=O) groups is 1. The lowest BCUT2D eigenvalue weighted by molar-refractivity contribution is 0.116. The molecular weight excluding hydrogens is 284 g/mol. The van der Waals surface area contributed by atoms with Gasteiger partial charge < -0.3 is 15.3 Å². The van der Waals surface area contributed by atoms with E-state index in [0.717, 1.165) is 35.6 Å². The topological polar surface area (TPSA) is 52.6 Å². The van der Waals surface area contributed by atoms with Crippen molar-refractivity contribution in [3.05, 3.63) is 24.3 Å². The number of aliphatic hydroxyl groups excluding tert-OH is 1. The molecule has 0 heterocycles. The van der Waals surface area contributed by atoms with Crippen LogP contribution < -0.4 is 5.32 Å². The van der Waals surface area contributed by atoms with Crippen LogP contribution in [0.25, 0.3) is 0 Å². The molecule has 0 spiro atoms. The molecule has 1 saturated carbocycles. The van der Waals surface area contributed by atoms with Gasteiger partial charge in [0.2, 0.25) is 0 Å². The van der Waals surface area contributed by atoms with Gasteiger partial charge in [0.25, 0.3) is 0 Å². The molecule has 0 aromatic heterocycles. The first kappa shape index (κ1) is 16.2. The molecule has 21 heavy (non-hydrogen) atoms. The van der Waals surface area contributed by atoms with Gasteiger partial charge in [0.05, 0.1) is 6.10 Å². The molecule has 1 aromatic carbocycles. The maximum absolute atomic E-state index is 12.2. The zero-order valence-electron chi connectivity index (χ0n) is 12.7. The standard InChI is InChI=1S/C16H24N2O2S/c1-3-21-14-8-5-7-13(10-14)17-16(20)18(2)11-12-6-4-9-15(12)19/h5,7-8,10,12,15,19H,3-4,6,9,11H2,1-2H3,(H,17,20)/t12-,15-/m1/s1. The lowest BCUT2D eigenvalue weighted by Crippen LogP contribution is -2.37. The van der Waals surface area contributed by atoms with Gasteiger partial charge in [-0.3, -0.25) is 0 Å². The second kappa shape index (κ2) is 7.71. The zero-order chi connectivity index (χ0) is 15.2. The van der Waals surface area contributed by atoms with Crippen molar-refractivity contribution in [3.63, 3.8) is 0 Å². The van der Waals surface area contributed by atoms with Crippen LogP contribution >= 0.6 is 11.8 Å². The molecule has 1 aromatic rings. The number of nitrogens with zero attached hydrogens (tertiary/aromatic N) is 1. The van der Waals surface area contributed by atoms with E-state index >= 15 is 0 Å². The first-order chi connectivity index (χ1) is 10.1. The summed E-state index contributed by atoms with van der Waals surface area (Å²) in [6.07, 6.45) is 2.65. The Bertz CT molecular complexity index is 481. The van der Waals surface area contributed by atoms with Gasteiger partial charge in [0.15, 0.2) is 0 Å². The number of amides is 2. The molecule has 2 atom stereocenters. The fourth-order valence-corrected chi connectivity index (χ4v) is 3.43. The van der Waals surface area contributed by atoms with Crippen LogP contribution in [0.4, 0.5) is 10.5 Å². The van der Waals surface area contributed by atoms with Gasteiger partial charge in [0.1, 0.15) is 0 Å². The molecule has 4 nitrogen and oxygen atoms in total. The summed E-state index contributed by atoms with van der Waals surface area (Å²) in [5.74, 6) is 1.22. The van der Waals surface area contributed by atoms with Crippen LogP contribution in [0.3, 0.4) is 0 Å². The summed E-state index contributed by atoms with van der Waals surface area (Å²) in [6, 6.07) is 7.77. The summed E-state index contributed by atoms with van der Waals surface area (Å²) < 4.78 is 0. The van der Waals surface area contributed by atoms with Crippen LogP contribution in [0.15, 0.2) is 29.2 Å². The van der Waals surface area contributed by atoms with Gasteiger partial charge in [-0.25, -0.2) is 4.79 Å². The van der Waals surface area contributed by atoms with Crippen molar-refractivity contribution < 1.29 is 9.90 Å². The van der Waals surface area contributed by atoms with Crippen molar-refractivity contribution in [2.24, 2.45) is 5.92 Å². The van der Waals surface area contributed by atoms with Gasteiger partial charge in [-0.15, -0.1) is 11.8 Å². The largest absolute Gasteiger partial charge is 0.393 e. The van der Waals surface area contributed by atoms with E-state index in [1.807, 2.05) is 24.3 Å². The number of anilines is 1. The van der Waals surface area contributed by atoms with E-state index in [9.17, 15) is 9.90 Å². The first-order valence-electron chi connectivity index (χ1n) is 7.53. The summed E-state index contributed by atoms with van der Waals surface area (Å²) in [4.78, 5) is 15.0. The van der Waals surface area contributed by atoms with Crippen LogP contribution in [-0.4, -0.2) is 41.5 Å². The van der Waals surface area contributed by atoms with E-state index in [1.165, 1.54) is 0 Å². The van der Waals surface area contributed by atoms with Crippen LogP contribution in [0.1, 0.15) is 26.2 Å². The number of hydrogen-bond acceptors (Lipinski definition) is 3. The minimum atomic E-state index is -0.260. The van der Waals surface area contributed by atoms with Crippen molar-refractivity contribution in [1.29, 1.82) is 0 Å². The third-order valence-corrected chi connectivity index (χ3v) is 4.75. The molecule has 0 aliphatic heterocycles. The van der Waals surface area contributed by atoms with Crippen LogP contribution in [-0.2, 0) is 0 Å². The van der Waals surface area contributed by atoms with E-state index in [2.05, 4.69) is 12.2 Å². The van der Waals surface area contributed by atoms with Gasteiger partial charge in [-0.1, -0.05) is 19.4 Å². The fraction of sp³-hybridized carbons (Fsp3) is 0.562. The highest BCUT2D eigenvalue weighted by Crippen LogP contribution is 2.26. The average molecular weight is 308 g/mol. The molecular formula is C16H24N2O2S. The van der Waals surface area contributed by atoms with Crippen molar-refractivity contribution in [2.45, 2.75) is 37.2 Å². The molecule has 5 heteroatoms. The van der Waals surface area contributed by atoms with Crippen LogP contribution in [0.2, 0.25) is 0 Å². The molecule has 2 N–H and O–H groups in total. The van der Waals surface area contributed by atoms with E-state index in [-0.39, 0.29) is 18.1 Å². The van der Waals surface area contributed by atoms with Gasteiger partial charge >= 0.3 is 6.03 Å². The molecule has 1 aliphatic carbocycles. The van der Waals surface area contributed by atoms with E-state index < -0.39 is 0 Å². The quantitative estimate of drug-likeness (QED) is 0.820. The van der Waals surface area contributed by atoms with E-state index in [0.29, 0.717) is 6.54 Å². The summed E-state index contributed by atoms with van der Waals surface area (Å²) in [6.45, 7) is 2.72. The predicted molar refractivity (Wildman–Crippen MR) is 87.8 cm³/mol. The average Bonchev–Trinajstić information content (AvgIpc) is 2.85. The minimum absolute atomic E-state index is 0.118. The summed E-state index contributed by atoms with van der Waals surface area (Å²) in [5, 5.41) is 12.8. The molecule has 2 amide bonds. The Labute approximate surface area is 130 Å². The Morgan fingerprint density at radius 1 is 1.48 bits per heavy atom. The lowest BCUT2D eigenvalue weighted by atomic mass is 10.1. The molecule has 0 radical (unpaired) electrons. The molecule has 0 saturated heterocycles. The van der Waals surface area contributed by atoms with Crippen molar-refractivity contribution in [1.82, 2.24) is 4.90 Å². The highest BCUT2D eigenvalue weighted by Gasteiger charge is 2.27. The van der Waals surface area contributed by atoms with Gasteiger partial charge in [-0.2, -0.15) is 0 Å². The molecule has 0 unspecified atom stereocenters. The normalized spacial score (nSPS) is 21.3. The van der Waals surface area contributed by atoms with Crippen LogP contribution in [0.5, 0.6) is 0 Å².